The molecular formula is C22H22F2N6O2. The third-order valence-corrected chi connectivity index (χ3v) is 6.74. The van der Waals surface area contributed by atoms with Gasteiger partial charge in [0.1, 0.15) is 11.9 Å². The molecule has 166 valence electrons. The van der Waals surface area contributed by atoms with E-state index in [0.717, 1.165) is 18.4 Å². The van der Waals surface area contributed by atoms with Crippen molar-refractivity contribution >= 4 is 17.2 Å². The van der Waals surface area contributed by atoms with Crippen molar-refractivity contribution in [2.24, 2.45) is 5.92 Å². The highest BCUT2D eigenvalue weighted by molar-refractivity contribution is 5.84. The second-order valence-corrected chi connectivity index (χ2v) is 8.72. The van der Waals surface area contributed by atoms with Crippen molar-refractivity contribution < 1.29 is 18.3 Å². The van der Waals surface area contributed by atoms with E-state index in [9.17, 15) is 9.18 Å². The second-order valence-electron chi connectivity index (χ2n) is 8.72. The van der Waals surface area contributed by atoms with E-state index in [4.69, 9.17) is 4.74 Å². The van der Waals surface area contributed by atoms with Crippen LogP contribution < -0.4 is 9.64 Å². The molecule has 1 aliphatic carbocycles. The predicted octanol–water partition coefficient (Wildman–Crippen LogP) is 2.48. The van der Waals surface area contributed by atoms with E-state index in [1.54, 1.807) is 36.2 Å². The summed E-state index contributed by atoms with van der Waals surface area (Å²) in [4.78, 5) is 25.3. The Morgan fingerprint density at radius 1 is 1.25 bits per heavy atom. The lowest BCUT2D eigenvalue weighted by molar-refractivity contribution is -0.136. The van der Waals surface area contributed by atoms with Crippen molar-refractivity contribution in [1.29, 1.82) is 0 Å². The third-order valence-electron chi connectivity index (χ3n) is 6.74. The van der Waals surface area contributed by atoms with Crippen LogP contribution in [0.5, 0.6) is 5.88 Å². The minimum atomic E-state index is -1.01. The zero-order chi connectivity index (χ0) is 22.0. The lowest BCUT2D eigenvalue weighted by Crippen LogP contribution is -2.56. The fourth-order valence-electron chi connectivity index (χ4n) is 5.07. The Morgan fingerprint density at radius 2 is 2.00 bits per heavy atom. The molecule has 3 aliphatic rings. The summed E-state index contributed by atoms with van der Waals surface area (Å²) < 4.78 is 35.3. The van der Waals surface area contributed by atoms with E-state index in [1.807, 2.05) is 9.80 Å². The average Bonchev–Trinajstić information content (AvgIpc) is 3.27. The number of imidazole rings is 1. The molecule has 1 saturated carbocycles. The SMILES string of the molecule is COc1cc(-c2cn3ncc(F)c(N4CC5CCC(C4)N5C(=O)[C@H]4C[C@@H]4F)c3n2)ccn1. The minimum absolute atomic E-state index is 0.0412. The zero-order valence-electron chi connectivity index (χ0n) is 17.5. The molecule has 0 aromatic carbocycles. The van der Waals surface area contributed by atoms with E-state index < -0.39 is 17.9 Å². The Balaban J connectivity index is 1.34. The summed E-state index contributed by atoms with van der Waals surface area (Å²) in [6.07, 6.45) is 5.57. The second kappa shape index (κ2) is 7.11. The van der Waals surface area contributed by atoms with Crippen LogP contribution in [0.25, 0.3) is 16.9 Å². The van der Waals surface area contributed by atoms with Gasteiger partial charge in [0.25, 0.3) is 0 Å². The molecule has 0 spiro atoms. The first kappa shape index (κ1) is 19.4. The molecule has 3 aromatic rings. The van der Waals surface area contributed by atoms with Gasteiger partial charge in [-0.25, -0.2) is 23.3 Å². The van der Waals surface area contributed by atoms with Gasteiger partial charge in [0, 0.05) is 43.0 Å². The van der Waals surface area contributed by atoms with Crippen molar-refractivity contribution in [1.82, 2.24) is 24.5 Å². The van der Waals surface area contributed by atoms with E-state index in [0.29, 0.717) is 42.4 Å². The first-order chi connectivity index (χ1) is 15.5. The first-order valence-corrected chi connectivity index (χ1v) is 10.8. The summed E-state index contributed by atoms with van der Waals surface area (Å²) in [7, 11) is 1.54. The number of carbonyl (C=O) groups excluding carboxylic acids is 1. The van der Waals surface area contributed by atoms with Gasteiger partial charge in [0.05, 0.1) is 31.1 Å². The largest absolute Gasteiger partial charge is 0.481 e. The number of halogens is 2. The van der Waals surface area contributed by atoms with Crippen molar-refractivity contribution in [2.75, 3.05) is 25.1 Å². The van der Waals surface area contributed by atoms with E-state index in [1.165, 1.54) is 6.20 Å². The van der Waals surface area contributed by atoms with Gasteiger partial charge in [0.2, 0.25) is 11.8 Å². The molecule has 2 aliphatic heterocycles. The average molecular weight is 440 g/mol. The highest BCUT2D eigenvalue weighted by Gasteiger charge is 2.52. The number of hydrogen-bond donors (Lipinski definition) is 0. The summed E-state index contributed by atoms with van der Waals surface area (Å²) in [5, 5.41) is 4.16. The molecular weight excluding hydrogens is 418 g/mol. The smallest absolute Gasteiger partial charge is 0.229 e. The van der Waals surface area contributed by atoms with Crippen molar-refractivity contribution in [3.8, 4) is 17.1 Å². The predicted molar refractivity (Wildman–Crippen MR) is 112 cm³/mol. The van der Waals surface area contributed by atoms with Gasteiger partial charge < -0.3 is 14.5 Å². The number of alkyl halides is 1. The van der Waals surface area contributed by atoms with Gasteiger partial charge in [-0.1, -0.05) is 0 Å². The van der Waals surface area contributed by atoms with Gasteiger partial charge in [-0.15, -0.1) is 0 Å². The molecule has 4 atom stereocenters. The van der Waals surface area contributed by atoms with Crippen molar-refractivity contribution in [2.45, 2.75) is 37.5 Å². The van der Waals surface area contributed by atoms with E-state index >= 15 is 4.39 Å². The summed E-state index contributed by atoms with van der Waals surface area (Å²) >= 11 is 0. The highest BCUT2D eigenvalue weighted by Crippen LogP contribution is 2.41. The Hall–Kier alpha value is -3.30. The number of nitrogens with zero attached hydrogens (tertiary/aromatic N) is 6. The lowest BCUT2D eigenvalue weighted by atomic mass is 10.1. The summed E-state index contributed by atoms with van der Waals surface area (Å²) in [6, 6.07) is 3.49. The fourth-order valence-corrected chi connectivity index (χ4v) is 5.07. The number of aromatic nitrogens is 4. The number of piperazine rings is 1. The van der Waals surface area contributed by atoms with Crippen LogP contribution in [-0.4, -0.2) is 68.8 Å². The third kappa shape index (κ3) is 3.00. The topological polar surface area (TPSA) is 75.9 Å². The number of rotatable bonds is 4. The molecule has 8 nitrogen and oxygen atoms in total. The van der Waals surface area contributed by atoms with Gasteiger partial charge in [-0.2, -0.15) is 5.10 Å². The van der Waals surface area contributed by atoms with E-state index in [2.05, 4.69) is 15.1 Å². The van der Waals surface area contributed by atoms with Crippen LogP contribution in [-0.2, 0) is 4.79 Å². The number of fused-ring (bicyclic) bond motifs is 3. The maximum atomic E-state index is 15.0. The lowest BCUT2D eigenvalue weighted by Gasteiger charge is -2.42. The van der Waals surface area contributed by atoms with E-state index in [-0.39, 0.29) is 18.0 Å². The van der Waals surface area contributed by atoms with Crippen molar-refractivity contribution in [3.05, 3.63) is 36.5 Å². The van der Waals surface area contributed by atoms with Crippen LogP contribution in [0.3, 0.4) is 0 Å². The van der Waals surface area contributed by atoms with Crippen LogP contribution in [0.1, 0.15) is 19.3 Å². The molecule has 6 rings (SSSR count). The number of carbonyl (C=O) groups is 1. The standard InChI is InChI=1S/C22H22F2N6O2/c1-32-19-6-12(4-5-25-19)18-11-29-21(27-18)20(17(24)8-26-29)28-9-13-2-3-14(10-28)30(13)22(31)15-7-16(15)23/h4-6,8,11,13-16H,2-3,7,9-10H2,1H3/t13?,14?,15-,16-/m0/s1. The first-order valence-electron chi connectivity index (χ1n) is 10.8. The Bertz CT molecular complexity index is 1200. The number of amides is 1. The molecule has 0 N–H and O–H groups in total. The normalized spacial score (nSPS) is 26.6. The van der Waals surface area contributed by atoms with Crippen LogP contribution in [0.2, 0.25) is 0 Å². The summed E-state index contributed by atoms with van der Waals surface area (Å²) in [5.41, 5.74) is 2.21. The Labute approximate surface area is 182 Å². The molecule has 1 amide bonds. The molecule has 10 heteroatoms. The maximum Gasteiger partial charge on any atom is 0.229 e. The van der Waals surface area contributed by atoms with Gasteiger partial charge in [0.15, 0.2) is 11.5 Å². The van der Waals surface area contributed by atoms with Crippen LogP contribution >= 0.6 is 0 Å². The number of hydrogen-bond acceptors (Lipinski definition) is 6. The molecule has 5 heterocycles. The molecule has 2 saturated heterocycles. The quantitative estimate of drug-likeness (QED) is 0.621. The molecule has 3 aromatic heterocycles. The van der Waals surface area contributed by atoms with Gasteiger partial charge in [-0.3, -0.25) is 4.79 Å². The monoisotopic (exact) mass is 440 g/mol. The van der Waals surface area contributed by atoms with Crippen LogP contribution in [0.15, 0.2) is 30.7 Å². The number of ether oxygens (including phenoxy) is 1. The maximum absolute atomic E-state index is 15.0. The molecule has 2 unspecified atom stereocenters. The number of pyridine rings is 1. The Kier molecular flexibility index (Phi) is 4.31. The number of methoxy groups -OCH3 is 1. The highest BCUT2D eigenvalue weighted by atomic mass is 19.1. The zero-order valence-corrected chi connectivity index (χ0v) is 17.5. The summed E-state index contributed by atoms with van der Waals surface area (Å²) in [5.74, 6) is -0.560. The number of anilines is 1. The molecule has 2 bridgehead atoms. The Morgan fingerprint density at radius 3 is 2.69 bits per heavy atom. The minimum Gasteiger partial charge on any atom is -0.481 e. The molecule has 32 heavy (non-hydrogen) atoms. The van der Waals surface area contributed by atoms with Crippen LogP contribution in [0.4, 0.5) is 14.5 Å². The molecule has 3 fully saturated rings. The van der Waals surface area contributed by atoms with Crippen LogP contribution in [0, 0.1) is 11.7 Å². The van der Waals surface area contributed by atoms with Gasteiger partial charge >= 0.3 is 0 Å². The fraction of sp³-hybridized carbons (Fsp3) is 0.455. The molecule has 0 radical (unpaired) electrons. The summed E-state index contributed by atoms with van der Waals surface area (Å²) in [6.45, 7) is 0.988. The van der Waals surface area contributed by atoms with Gasteiger partial charge in [-0.05, 0) is 25.3 Å². The van der Waals surface area contributed by atoms with Crippen molar-refractivity contribution in [3.63, 3.8) is 0 Å².